The summed E-state index contributed by atoms with van der Waals surface area (Å²) in [5.41, 5.74) is 4.28. The molecule has 0 saturated heterocycles. The van der Waals surface area contributed by atoms with Gasteiger partial charge in [-0.25, -0.2) is 0 Å². The van der Waals surface area contributed by atoms with Gasteiger partial charge in [-0.3, -0.25) is 14.5 Å². The number of thiophene rings is 1. The van der Waals surface area contributed by atoms with Gasteiger partial charge in [0.15, 0.2) is 0 Å². The van der Waals surface area contributed by atoms with Crippen LogP contribution in [0.2, 0.25) is 0 Å². The molecular formula is C28H32N4O2S. The molecule has 2 aromatic heterocycles. The number of aromatic nitrogens is 1. The largest absolute Gasteiger partial charge is 0.361 e. The molecule has 0 radical (unpaired) electrons. The second-order valence-electron chi connectivity index (χ2n) is 8.56. The summed E-state index contributed by atoms with van der Waals surface area (Å²) in [5.74, 6) is -0.437. The Kier molecular flexibility index (Phi) is 8.34. The fourth-order valence-electron chi connectivity index (χ4n) is 4.15. The molecule has 0 fully saturated rings. The highest BCUT2D eigenvalue weighted by Gasteiger charge is 2.23. The highest BCUT2D eigenvalue weighted by molar-refractivity contribution is 7.12. The van der Waals surface area contributed by atoms with Crippen LogP contribution in [-0.2, 0) is 24.3 Å². The Bertz CT molecular complexity index is 1240. The minimum Gasteiger partial charge on any atom is -0.361 e. The number of hydrogen-bond donors (Lipinski definition) is 3. The molecule has 0 aliphatic rings. The van der Waals surface area contributed by atoms with Gasteiger partial charge < -0.3 is 15.6 Å². The lowest BCUT2D eigenvalue weighted by Crippen LogP contribution is -2.47. The molecule has 7 heteroatoms. The zero-order valence-corrected chi connectivity index (χ0v) is 21.0. The number of rotatable bonds is 11. The van der Waals surface area contributed by atoms with Gasteiger partial charge in [-0.05, 0) is 47.3 Å². The van der Waals surface area contributed by atoms with Gasteiger partial charge in [0, 0.05) is 36.6 Å². The van der Waals surface area contributed by atoms with Crippen LogP contribution >= 0.6 is 11.3 Å². The van der Waals surface area contributed by atoms with Gasteiger partial charge in [-0.15, -0.1) is 11.3 Å². The summed E-state index contributed by atoms with van der Waals surface area (Å²) in [7, 11) is 0. The van der Waals surface area contributed by atoms with E-state index in [0.29, 0.717) is 17.8 Å². The second kappa shape index (κ2) is 11.8. The third-order valence-electron chi connectivity index (χ3n) is 6.26. The molecule has 1 atom stereocenters. The zero-order valence-electron chi connectivity index (χ0n) is 20.2. The number of hydrogen-bond acceptors (Lipinski definition) is 4. The van der Waals surface area contributed by atoms with Crippen LogP contribution in [0, 0.1) is 0 Å². The van der Waals surface area contributed by atoms with Crippen molar-refractivity contribution < 1.29 is 9.59 Å². The van der Waals surface area contributed by atoms with Crippen LogP contribution in [0.25, 0.3) is 10.9 Å². The smallest absolute Gasteiger partial charge is 0.262 e. The maximum atomic E-state index is 13.2. The van der Waals surface area contributed by atoms with E-state index in [1.54, 1.807) is 6.07 Å². The summed E-state index contributed by atoms with van der Waals surface area (Å²) in [4.78, 5) is 32.2. The van der Waals surface area contributed by atoms with Crippen molar-refractivity contribution in [2.24, 2.45) is 0 Å². The van der Waals surface area contributed by atoms with Crippen LogP contribution in [-0.4, -0.2) is 40.8 Å². The van der Waals surface area contributed by atoms with Crippen molar-refractivity contribution in [3.63, 3.8) is 0 Å². The number of para-hydroxylation sites is 1. The molecule has 2 aromatic carbocycles. The van der Waals surface area contributed by atoms with Crippen molar-refractivity contribution in [2.45, 2.75) is 39.4 Å². The predicted molar refractivity (Wildman–Crippen MR) is 142 cm³/mol. The SMILES string of the molecule is CCN(CC)Cc1ccc(CNC(=O)[C@H](Cc2c[nH]c3ccccc23)NC(=O)c2cccs2)cc1. The third kappa shape index (κ3) is 6.38. The van der Waals surface area contributed by atoms with Crippen LogP contribution < -0.4 is 10.6 Å². The fourth-order valence-corrected chi connectivity index (χ4v) is 4.77. The Labute approximate surface area is 210 Å². The summed E-state index contributed by atoms with van der Waals surface area (Å²) >= 11 is 1.36. The van der Waals surface area contributed by atoms with Crippen molar-refractivity contribution in [1.29, 1.82) is 0 Å². The lowest BCUT2D eigenvalue weighted by molar-refractivity contribution is -0.123. The van der Waals surface area contributed by atoms with E-state index in [-0.39, 0.29) is 11.8 Å². The van der Waals surface area contributed by atoms with E-state index in [1.807, 2.05) is 41.9 Å². The van der Waals surface area contributed by atoms with Crippen LogP contribution in [0.1, 0.15) is 40.2 Å². The van der Waals surface area contributed by atoms with E-state index >= 15 is 0 Å². The Hall–Kier alpha value is -3.42. The van der Waals surface area contributed by atoms with Gasteiger partial charge in [-0.1, -0.05) is 62.4 Å². The average Bonchev–Trinajstić information content (AvgIpc) is 3.57. The molecule has 0 aliphatic heterocycles. The molecule has 0 aliphatic carbocycles. The third-order valence-corrected chi connectivity index (χ3v) is 7.12. The highest BCUT2D eigenvalue weighted by atomic mass is 32.1. The van der Waals surface area contributed by atoms with Crippen LogP contribution in [0.4, 0.5) is 0 Å². The van der Waals surface area contributed by atoms with Gasteiger partial charge in [0.25, 0.3) is 5.91 Å². The first-order valence-corrected chi connectivity index (χ1v) is 12.9. The number of H-pyrrole nitrogens is 1. The van der Waals surface area contributed by atoms with Crippen LogP contribution in [0.15, 0.2) is 72.2 Å². The number of nitrogens with one attached hydrogen (secondary N) is 3. The van der Waals surface area contributed by atoms with Crippen LogP contribution in [0.5, 0.6) is 0 Å². The van der Waals surface area contributed by atoms with Gasteiger partial charge >= 0.3 is 0 Å². The fraction of sp³-hybridized carbons (Fsp3) is 0.286. The van der Waals surface area contributed by atoms with Crippen molar-refractivity contribution in [3.05, 3.63) is 93.8 Å². The Morgan fingerprint density at radius 2 is 1.71 bits per heavy atom. The summed E-state index contributed by atoms with van der Waals surface area (Å²) < 4.78 is 0. The van der Waals surface area contributed by atoms with E-state index in [9.17, 15) is 9.59 Å². The molecule has 0 saturated carbocycles. The van der Waals surface area contributed by atoms with E-state index in [2.05, 4.69) is 58.6 Å². The van der Waals surface area contributed by atoms with Crippen molar-refractivity contribution >= 4 is 34.1 Å². The Morgan fingerprint density at radius 3 is 2.43 bits per heavy atom. The number of carbonyl (C=O) groups excluding carboxylic acids is 2. The van der Waals surface area contributed by atoms with Crippen molar-refractivity contribution in [2.75, 3.05) is 13.1 Å². The van der Waals surface area contributed by atoms with E-state index in [1.165, 1.54) is 16.9 Å². The molecule has 4 rings (SSSR count). The standard InChI is InChI=1S/C28H32N4O2S/c1-3-32(4-2)19-21-13-11-20(12-14-21)17-30-27(33)25(31-28(34)26-10-7-15-35-26)16-22-18-29-24-9-6-5-8-23(22)24/h5-15,18,25,29H,3-4,16-17,19H2,1-2H3,(H,30,33)(H,31,34)/t25-/m0/s1. The number of carbonyl (C=O) groups is 2. The molecular weight excluding hydrogens is 456 g/mol. The normalized spacial score (nSPS) is 12.1. The molecule has 2 heterocycles. The maximum absolute atomic E-state index is 13.2. The van der Waals surface area contributed by atoms with E-state index in [4.69, 9.17) is 0 Å². The number of amides is 2. The quantitative estimate of drug-likeness (QED) is 0.286. The Balaban J connectivity index is 1.44. The monoisotopic (exact) mass is 488 g/mol. The first kappa shape index (κ1) is 24.7. The zero-order chi connectivity index (χ0) is 24.6. The predicted octanol–water partition coefficient (Wildman–Crippen LogP) is 4.73. The minimum atomic E-state index is -0.689. The van der Waals surface area contributed by atoms with Crippen LogP contribution in [0.3, 0.4) is 0 Å². The van der Waals surface area contributed by atoms with Crippen molar-refractivity contribution in [3.8, 4) is 0 Å². The molecule has 35 heavy (non-hydrogen) atoms. The van der Waals surface area contributed by atoms with Gasteiger partial charge in [0.05, 0.1) is 4.88 Å². The van der Waals surface area contributed by atoms with Gasteiger partial charge in [0.1, 0.15) is 6.04 Å². The summed E-state index contributed by atoms with van der Waals surface area (Å²) in [6, 6.07) is 19.2. The molecule has 3 N–H and O–H groups in total. The number of fused-ring (bicyclic) bond motifs is 1. The second-order valence-corrected chi connectivity index (χ2v) is 9.51. The first-order valence-electron chi connectivity index (χ1n) is 12.0. The molecule has 182 valence electrons. The molecule has 0 spiro atoms. The number of aromatic amines is 1. The number of benzene rings is 2. The highest BCUT2D eigenvalue weighted by Crippen LogP contribution is 2.20. The first-order chi connectivity index (χ1) is 17.1. The molecule has 0 bridgehead atoms. The topological polar surface area (TPSA) is 77.2 Å². The molecule has 0 unspecified atom stereocenters. The van der Waals surface area contributed by atoms with E-state index in [0.717, 1.165) is 41.7 Å². The lowest BCUT2D eigenvalue weighted by Gasteiger charge is -2.19. The van der Waals surface area contributed by atoms with Gasteiger partial charge in [-0.2, -0.15) is 0 Å². The Morgan fingerprint density at radius 1 is 0.971 bits per heavy atom. The van der Waals surface area contributed by atoms with E-state index < -0.39 is 6.04 Å². The average molecular weight is 489 g/mol. The maximum Gasteiger partial charge on any atom is 0.262 e. The van der Waals surface area contributed by atoms with Gasteiger partial charge in [0.2, 0.25) is 5.91 Å². The molecule has 6 nitrogen and oxygen atoms in total. The number of nitrogens with zero attached hydrogens (tertiary/aromatic N) is 1. The lowest BCUT2D eigenvalue weighted by atomic mass is 10.0. The summed E-state index contributed by atoms with van der Waals surface area (Å²) in [6.45, 7) is 7.69. The minimum absolute atomic E-state index is 0.201. The summed E-state index contributed by atoms with van der Waals surface area (Å²) in [6.07, 6.45) is 2.31. The van der Waals surface area contributed by atoms with Crippen molar-refractivity contribution in [1.82, 2.24) is 20.5 Å². The molecule has 2 amide bonds. The molecule has 4 aromatic rings. The summed E-state index contributed by atoms with van der Waals surface area (Å²) in [5, 5.41) is 8.87.